The van der Waals surface area contributed by atoms with Crippen LogP contribution in [0.25, 0.3) is 0 Å². The molecule has 2 heterocycles. The van der Waals surface area contributed by atoms with Crippen molar-refractivity contribution in [1.82, 2.24) is 4.90 Å². The maximum absolute atomic E-state index is 12.2. The van der Waals surface area contributed by atoms with Gasteiger partial charge >= 0.3 is 0 Å². The molecule has 3 atom stereocenters. The molecule has 1 aromatic carbocycles. The average Bonchev–Trinajstić information content (AvgIpc) is 2.64. The van der Waals surface area contributed by atoms with Crippen LogP contribution in [-0.4, -0.2) is 21.6 Å². The fraction of sp³-hybridized carbons (Fsp3) is 0.533. The van der Waals surface area contributed by atoms with Crippen LogP contribution in [0.1, 0.15) is 44.2 Å². The van der Waals surface area contributed by atoms with E-state index in [1.165, 1.54) is 0 Å². The van der Waals surface area contributed by atoms with E-state index in [4.69, 9.17) is 0 Å². The van der Waals surface area contributed by atoms with Crippen molar-refractivity contribution in [2.75, 3.05) is 0 Å². The highest BCUT2D eigenvalue weighted by Crippen LogP contribution is 2.49. The summed E-state index contributed by atoms with van der Waals surface area (Å²) in [6.07, 6.45) is 2.94. The molecule has 3 rings (SSSR count). The molecule has 0 aromatic heterocycles. The van der Waals surface area contributed by atoms with Crippen LogP contribution in [0, 0.1) is 5.92 Å². The molecule has 2 aliphatic heterocycles. The summed E-state index contributed by atoms with van der Waals surface area (Å²) in [7, 11) is 0. The van der Waals surface area contributed by atoms with E-state index < -0.39 is 5.72 Å². The Morgan fingerprint density at radius 3 is 2.78 bits per heavy atom. The van der Waals surface area contributed by atoms with E-state index in [9.17, 15) is 9.90 Å². The Labute approximate surface area is 107 Å². The van der Waals surface area contributed by atoms with Gasteiger partial charge in [0.15, 0.2) is 0 Å². The van der Waals surface area contributed by atoms with Crippen molar-refractivity contribution < 1.29 is 9.90 Å². The molecule has 1 amide bonds. The zero-order valence-electron chi connectivity index (χ0n) is 10.7. The number of amides is 1. The quantitative estimate of drug-likeness (QED) is 0.825. The van der Waals surface area contributed by atoms with Crippen LogP contribution >= 0.6 is 0 Å². The zero-order chi connectivity index (χ0) is 12.8. The standard InChI is InChI=1S/C15H19NO2/c1-11-10-13(12-6-3-2-4-7-12)16-14(17)8-5-9-15(11,16)18/h2-4,6-7,11,13,18H,5,8-10H2,1H3/t11-,13-,15-/m0/s1. The molecule has 2 saturated heterocycles. The summed E-state index contributed by atoms with van der Waals surface area (Å²) in [5, 5.41) is 10.8. The minimum absolute atomic E-state index is 0.0407. The lowest BCUT2D eigenvalue weighted by Gasteiger charge is -2.42. The summed E-state index contributed by atoms with van der Waals surface area (Å²) in [4.78, 5) is 13.9. The SMILES string of the molecule is C[C@H]1C[C@@H](c2ccccc2)N2C(=O)CCC[C@]12O. The molecule has 0 spiro atoms. The van der Waals surface area contributed by atoms with Crippen LogP contribution in [0.15, 0.2) is 30.3 Å². The summed E-state index contributed by atoms with van der Waals surface area (Å²) < 4.78 is 0. The second-order valence-electron chi connectivity index (χ2n) is 5.56. The lowest BCUT2D eigenvalue weighted by Crippen LogP contribution is -2.53. The van der Waals surface area contributed by atoms with Gasteiger partial charge in [-0.05, 0) is 24.8 Å². The third kappa shape index (κ3) is 1.57. The molecule has 0 saturated carbocycles. The Kier molecular flexibility index (Phi) is 2.67. The number of carbonyl (C=O) groups is 1. The van der Waals surface area contributed by atoms with Gasteiger partial charge in [-0.1, -0.05) is 37.3 Å². The topological polar surface area (TPSA) is 40.5 Å². The number of nitrogens with zero attached hydrogens (tertiary/aromatic N) is 1. The van der Waals surface area contributed by atoms with Crippen molar-refractivity contribution >= 4 is 5.91 Å². The van der Waals surface area contributed by atoms with E-state index in [-0.39, 0.29) is 17.9 Å². The van der Waals surface area contributed by atoms with E-state index in [0.29, 0.717) is 12.8 Å². The van der Waals surface area contributed by atoms with Crippen molar-refractivity contribution in [2.24, 2.45) is 5.92 Å². The second kappa shape index (κ2) is 4.09. The first kappa shape index (κ1) is 11.7. The molecule has 96 valence electrons. The Hall–Kier alpha value is -1.35. The van der Waals surface area contributed by atoms with Gasteiger partial charge in [-0.15, -0.1) is 0 Å². The average molecular weight is 245 g/mol. The van der Waals surface area contributed by atoms with Gasteiger partial charge < -0.3 is 10.0 Å². The Bertz CT molecular complexity index is 459. The first-order chi connectivity index (χ1) is 8.63. The third-order valence-corrected chi connectivity index (χ3v) is 4.48. The lowest BCUT2D eigenvalue weighted by atomic mass is 9.90. The van der Waals surface area contributed by atoms with Crippen molar-refractivity contribution in [2.45, 2.75) is 44.4 Å². The van der Waals surface area contributed by atoms with E-state index >= 15 is 0 Å². The summed E-state index contributed by atoms with van der Waals surface area (Å²) in [6, 6.07) is 10.1. The first-order valence-electron chi connectivity index (χ1n) is 6.72. The molecule has 0 aliphatic carbocycles. The number of hydrogen-bond acceptors (Lipinski definition) is 2. The van der Waals surface area contributed by atoms with Crippen molar-refractivity contribution in [3.63, 3.8) is 0 Å². The van der Waals surface area contributed by atoms with Gasteiger partial charge in [0.25, 0.3) is 0 Å². The summed E-state index contributed by atoms with van der Waals surface area (Å²) >= 11 is 0. The lowest BCUT2D eigenvalue weighted by molar-refractivity contribution is -0.173. The van der Waals surface area contributed by atoms with Crippen molar-refractivity contribution in [3.8, 4) is 0 Å². The normalized spacial score (nSPS) is 35.7. The van der Waals surface area contributed by atoms with Gasteiger partial charge in [0.05, 0.1) is 6.04 Å². The van der Waals surface area contributed by atoms with E-state index in [1.54, 1.807) is 4.90 Å². The van der Waals surface area contributed by atoms with E-state index in [1.807, 2.05) is 30.3 Å². The third-order valence-electron chi connectivity index (χ3n) is 4.48. The van der Waals surface area contributed by atoms with Crippen LogP contribution in [0.4, 0.5) is 0 Å². The van der Waals surface area contributed by atoms with Crippen LogP contribution in [0.5, 0.6) is 0 Å². The maximum Gasteiger partial charge on any atom is 0.225 e. The molecule has 2 aliphatic rings. The monoisotopic (exact) mass is 245 g/mol. The number of piperidine rings is 1. The molecule has 2 fully saturated rings. The number of hydrogen-bond donors (Lipinski definition) is 1. The number of aliphatic hydroxyl groups is 1. The first-order valence-corrected chi connectivity index (χ1v) is 6.72. The van der Waals surface area contributed by atoms with Gasteiger partial charge in [0.2, 0.25) is 5.91 Å². The smallest absolute Gasteiger partial charge is 0.225 e. The fourth-order valence-corrected chi connectivity index (χ4v) is 3.47. The fourth-order valence-electron chi connectivity index (χ4n) is 3.47. The van der Waals surface area contributed by atoms with Crippen LogP contribution in [-0.2, 0) is 4.79 Å². The maximum atomic E-state index is 12.2. The number of benzene rings is 1. The highest BCUT2D eigenvalue weighted by molar-refractivity contribution is 5.78. The van der Waals surface area contributed by atoms with E-state index in [2.05, 4.69) is 6.92 Å². The number of rotatable bonds is 1. The minimum Gasteiger partial charge on any atom is -0.370 e. The molecule has 0 unspecified atom stereocenters. The van der Waals surface area contributed by atoms with Gasteiger partial charge in [0, 0.05) is 12.3 Å². The van der Waals surface area contributed by atoms with Gasteiger partial charge in [0.1, 0.15) is 5.72 Å². The molecular formula is C15H19NO2. The largest absolute Gasteiger partial charge is 0.370 e. The van der Waals surface area contributed by atoms with Gasteiger partial charge in [-0.2, -0.15) is 0 Å². The molecule has 1 aromatic rings. The van der Waals surface area contributed by atoms with Crippen molar-refractivity contribution in [3.05, 3.63) is 35.9 Å². The second-order valence-corrected chi connectivity index (χ2v) is 5.56. The highest BCUT2D eigenvalue weighted by Gasteiger charge is 2.54. The molecule has 0 radical (unpaired) electrons. The molecule has 1 N–H and O–H groups in total. The van der Waals surface area contributed by atoms with Crippen LogP contribution in [0.2, 0.25) is 0 Å². The summed E-state index contributed by atoms with van der Waals surface area (Å²) in [5.74, 6) is 0.244. The van der Waals surface area contributed by atoms with Crippen LogP contribution in [0.3, 0.4) is 0 Å². The molecule has 3 nitrogen and oxygen atoms in total. The summed E-state index contributed by atoms with van der Waals surface area (Å²) in [6.45, 7) is 2.05. The predicted octanol–water partition coefficient (Wildman–Crippen LogP) is 2.47. The van der Waals surface area contributed by atoms with Crippen molar-refractivity contribution in [1.29, 1.82) is 0 Å². The molecule has 0 bridgehead atoms. The van der Waals surface area contributed by atoms with Gasteiger partial charge in [-0.3, -0.25) is 4.79 Å². The highest BCUT2D eigenvalue weighted by atomic mass is 16.3. The number of carbonyl (C=O) groups excluding carboxylic acids is 1. The summed E-state index contributed by atoms with van der Waals surface area (Å²) in [5.41, 5.74) is 0.214. The predicted molar refractivity (Wildman–Crippen MR) is 68.6 cm³/mol. The Balaban J connectivity index is 2.00. The molecule has 3 heteroatoms. The van der Waals surface area contributed by atoms with Crippen LogP contribution < -0.4 is 0 Å². The Morgan fingerprint density at radius 1 is 1.33 bits per heavy atom. The minimum atomic E-state index is -0.921. The zero-order valence-corrected chi connectivity index (χ0v) is 10.7. The molecule has 18 heavy (non-hydrogen) atoms. The number of fused-ring (bicyclic) bond motifs is 1. The van der Waals surface area contributed by atoms with E-state index in [0.717, 1.165) is 18.4 Å². The van der Waals surface area contributed by atoms with Gasteiger partial charge in [-0.25, -0.2) is 0 Å². The molecular weight excluding hydrogens is 226 g/mol. The Morgan fingerprint density at radius 2 is 2.06 bits per heavy atom.